The Balaban J connectivity index is 1.55. The van der Waals surface area contributed by atoms with E-state index in [1.54, 1.807) is 7.05 Å². The molecule has 1 N–H and O–H groups in total. The molecule has 0 unspecified atom stereocenters. The fourth-order valence-electron chi connectivity index (χ4n) is 2.35. The molecule has 26 heavy (non-hydrogen) atoms. The van der Waals surface area contributed by atoms with Gasteiger partial charge in [-0.1, -0.05) is 11.2 Å². The molecule has 0 saturated carbocycles. The molecule has 0 aliphatic heterocycles. The summed E-state index contributed by atoms with van der Waals surface area (Å²) in [6, 6.07) is 7.90. The van der Waals surface area contributed by atoms with Crippen LogP contribution >= 0.6 is 11.3 Å². The highest BCUT2D eigenvalue weighted by Gasteiger charge is 2.18. The Morgan fingerprint density at radius 2 is 2.15 bits per heavy atom. The molecule has 0 saturated heterocycles. The summed E-state index contributed by atoms with van der Waals surface area (Å²) >= 11 is 1.45. The predicted molar refractivity (Wildman–Crippen MR) is 93.1 cm³/mol. The normalized spacial score (nSPS) is 12.0. The van der Waals surface area contributed by atoms with Crippen LogP contribution in [0.15, 0.2) is 54.3 Å². The van der Waals surface area contributed by atoms with E-state index in [0.29, 0.717) is 11.3 Å². The number of aryl methyl sites for hydroxylation is 1. The number of hydrogen-bond donors (Lipinski definition) is 1. The van der Waals surface area contributed by atoms with Crippen LogP contribution in [0.4, 0.5) is 0 Å². The third-order valence-corrected chi connectivity index (χ3v) is 5.96. The highest BCUT2D eigenvalue weighted by Crippen LogP contribution is 2.22. The second-order valence-electron chi connectivity index (χ2n) is 5.37. The van der Waals surface area contributed by atoms with Crippen molar-refractivity contribution in [2.75, 3.05) is 0 Å². The fourth-order valence-corrected chi connectivity index (χ4v) is 3.99. The third-order valence-electron chi connectivity index (χ3n) is 3.70. The van der Waals surface area contributed by atoms with Crippen molar-refractivity contribution in [1.29, 1.82) is 0 Å². The number of rotatable bonds is 5. The predicted octanol–water partition coefficient (Wildman–Crippen LogP) is 1.72. The zero-order valence-electron chi connectivity index (χ0n) is 13.4. The van der Waals surface area contributed by atoms with E-state index < -0.39 is 15.8 Å². The van der Waals surface area contributed by atoms with Gasteiger partial charge in [0, 0.05) is 13.1 Å². The number of oxazole rings is 1. The molecule has 9 nitrogen and oxygen atoms in total. The lowest BCUT2D eigenvalue weighted by atomic mass is 10.3. The minimum atomic E-state index is -3.84. The van der Waals surface area contributed by atoms with Crippen LogP contribution in [0.25, 0.3) is 21.8 Å². The first kappa shape index (κ1) is 16.7. The lowest BCUT2D eigenvalue weighted by Crippen LogP contribution is -2.23. The van der Waals surface area contributed by atoms with Crippen LogP contribution in [0.1, 0.15) is 5.89 Å². The number of hydrogen-bond acceptors (Lipinski definition) is 8. The monoisotopic (exact) mass is 392 g/mol. The molecule has 3 heterocycles. The molecule has 0 fully saturated rings. The molecule has 0 atom stereocenters. The van der Waals surface area contributed by atoms with Crippen LogP contribution in [0.2, 0.25) is 0 Å². The van der Waals surface area contributed by atoms with Crippen molar-refractivity contribution in [2.45, 2.75) is 11.4 Å². The van der Waals surface area contributed by atoms with Crippen molar-refractivity contribution < 1.29 is 17.4 Å². The zero-order chi connectivity index (χ0) is 18.3. The quantitative estimate of drug-likeness (QED) is 0.549. The molecule has 1 aromatic carbocycles. The Labute approximate surface area is 150 Å². The summed E-state index contributed by atoms with van der Waals surface area (Å²) in [6.45, 7) is -0.155. The first-order chi connectivity index (χ1) is 12.4. The number of thiophene rings is 1. The molecule has 4 rings (SSSR count). The van der Waals surface area contributed by atoms with E-state index in [4.69, 9.17) is 8.94 Å². The topological polar surface area (TPSA) is 120 Å². The molecule has 0 aliphatic carbocycles. The summed E-state index contributed by atoms with van der Waals surface area (Å²) in [5, 5.41) is 5.70. The van der Waals surface area contributed by atoms with Crippen molar-refractivity contribution in [2.24, 2.45) is 7.05 Å². The maximum atomic E-state index is 12.5. The minimum Gasteiger partial charge on any atom is -0.408 e. The molecular formula is C15H12N4O5S2. The SMILES string of the molecule is Cn1c(=O)oc2cc(S(=O)(=O)NCc3nc(-c4cccs4)no3)ccc21. The average Bonchev–Trinajstić information content (AvgIpc) is 3.34. The number of nitrogens with one attached hydrogen (secondary N) is 1. The summed E-state index contributed by atoms with van der Waals surface area (Å²) in [5.41, 5.74) is 0.699. The van der Waals surface area contributed by atoms with Gasteiger partial charge < -0.3 is 8.94 Å². The highest BCUT2D eigenvalue weighted by atomic mass is 32.2. The Hall–Kier alpha value is -2.76. The number of nitrogens with zero attached hydrogens (tertiary/aromatic N) is 3. The summed E-state index contributed by atoms with van der Waals surface area (Å²) in [5.74, 6) is -0.0135. The number of sulfonamides is 1. The first-order valence-electron chi connectivity index (χ1n) is 7.40. The minimum absolute atomic E-state index is 0.0302. The molecule has 4 aromatic rings. The number of aromatic nitrogens is 3. The molecule has 134 valence electrons. The van der Waals surface area contributed by atoms with Crippen LogP contribution in [0, 0.1) is 0 Å². The van der Waals surface area contributed by atoms with Crippen molar-refractivity contribution >= 4 is 32.5 Å². The second kappa shape index (κ2) is 6.20. The maximum Gasteiger partial charge on any atom is 0.419 e. The van der Waals surface area contributed by atoms with Crippen molar-refractivity contribution in [3.8, 4) is 10.7 Å². The Morgan fingerprint density at radius 1 is 1.31 bits per heavy atom. The lowest BCUT2D eigenvalue weighted by Gasteiger charge is -2.04. The van der Waals surface area contributed by atoms with E-state index in [1.807, 2.05) is 17.5 Å². The molecule has 0 spiro atoms. The van der Waals surface area contributed by atoms with Gasteiger partial charge in [0.1, 0.15) is 0 Å². The first-order valence-corrected chi connectivity index (χ1v) is 9.76. The van der Waals surface area contributed by atoms with Gasteiger partial charge in [0.05, 0.1) is 21.8 Å². The smallest absolute Gasteiger partial charge is 0.408 e. The van der Waals surface area contributed by atoms with Gasteiger partial charge >= 0.3 is 5.76 Å². The van der Waals surface area contributed by atoms with Crippen molar-refractivity contribution in [3.05, 3.63) is 52.2 Å². The molecular weight excluding hydrogens is 380 g/mol. The van der Waals surface area contributed by atoms with Gasteiger partial charge in [0.15, 0.2) is 5.58 Å². The van der Waals surface area contributed by atoms with E-state index in [1.165, 1.54) is 34.1 Å². The van der Waals surface area contributed by atoms with Gasteiger partial charge in [-0.15, -0.1) is 11.3 Å². The van der Waals surface area contributed by atoms with Crippen LogP contribution in [-0.4, -0.2) is 23.1 Å². The molecule has 0 aliphatic rings. The Morgan fingerprint density at radius 3 is 2.92 bits per heavy atom. The van der Waals surface area contributed by atoms with E-state index in [-0.39, 0.29) is 22.9 Å². The van der Waals surface area contributed by atoms with Gasteiger partial charge in [0.2, 0.25) is 21.7 Å². The van der Waals surface area contributed by atoms with Crippen LogP contribution in [0.3, 0.4) is 0 Å². The third kappa shape index (κ3) is 2.96. The fraction of sp³-hybridized carbons (Fsp3) is 0.133. The largest absolute Gasteiger partial charge is 0.419 e. The van der Waals surface area contributed by atoms with Crippen LogP contribution in [0.5, 0.6) is 0 Å². The molecule has 0 amide bonds. The number of benzene rings is 1. The van der Waals surface area contributed by atoms with E-state index in [0.717, 1.165) is 4.88 Å². The molecule has 0 radical (unpaired) electrons. The summed E-state index contributed by atoms with van der Waals surface area (Å²) in [6.07, 6.45) is 0. The van der Waals surface area contributed by atoms with Crippen LogP contribution < -0.4 is 10.5 Å². The highest BCUT2D eigenvalue weighted by molar-refractivity contribution is 7.89. The van der Waals surface area contributed by atoms with Gasteiger partial charge in [-0.3, -0.25) is 4.57 Å². The summed E-state index contributed by atoms with van der Waals surface area (Å²) < 4.78 is 38.7. The van der Waals surface area contributed by atoms with Crippen molar-refractivity contribution in [1.82, 2.24) is 19.4 Å². The molecule has 0 bridgehead atoms. The van der Waals surface area contributed by atoms with Gasteiger partial charge in [0.25, 0.3) is 0 Å². The molecule has 3 aromatic heterocycles. The Kier molecular flexibility index (Phi) is 3.98. The van der Waals surface area contributed by atoms with Crippen LogP contribution in [-0.2, 0) is 23.6 Å². The average molecular weight is 392 g/mol. The van der Waals surface area contributed by atoms with Gasteiger partial charge in [-0.2, -0.15) is 4.98 Å². The number of fused-ring (bicyclic) bond motifs is 1. The zero-order valence-corrected chi connectivity index (χ0v) is 15.0. The van der Waals surface area contributed by atoms with Crippen molar-refractivity contribution in [3.63, 3.8) is 0 Å². The summed E-state index contributed by atoms with van der Waals surface area (Å²) in [7, 11) is -2.30. The standard InChI is InChI=1S/C15H12N4O5S2/c1-19-10-5-4-9(7-11(10)23-15(19)20)26(21,22)16-8-13-17-14(18-24-13)12-3-2-6-25-12/h2-7,16H,8H2,1H3. The van der Waals surface area contributed by atoms with E-state index >= 15 is 0 Å². The maximum absolute atomic E-state index is 12.5. The van der Waals surface area contributed by atoms with E-state index in [9.17, 15) is 13.2 Å². The second-order valence-corrected chi connectivity index (χ2v) is 8.08. The molecule has 11 heteroatoms. The van der Waals surface area contributed by atoms with E-state index in [2.05, 4.69) is 14.9 Å². The lowest BCUT2D eigenvalue weighted by molar-refractivity contribution is 0.376. The Bertz CT molecular complexity index is 1230. The van der Waals surface area contributed by atoms with Gasteiger partial charge in [-0.25, -0.2) is 17.9 Å². The summed E-state index contributed by atoms with van der Waals surface area (Å²) in [4.78, 5) is 16.5. The van der Waals surface area contributed by atoms with Gasteiger partial charge in [-0.05, 0) is 23.6 Å².